The molecule has 0 saturated heterocycles. The highest BCUT2D eigenvalue weighted by atomic mass is 32.1. The predicted molar refractivity (Wildman–Crippen MR) is 97.1 cm³/mol. The van der Waals surface area contributed by atoms with Crippen molar-refractivity contribution in [1.29, 1.82) is 0 Å². The van der Waals surface area contributed by atoms with Gasteiger partial charge in [0.15, 0.2) is 0 Å². The van der Waals surface area contributed by atoms with E-state index in [1.165, 1.54) is 23.5 Å². The van der Waals surface area contributed by atoms with Crippen molar-refractivity contribution >= 4 is 17.2 Å². The first-order valence-electron chi connectivity index (χ1n) is 8.91. The monoisotopic (exact) mass is 381 g/mol. The minimum atomic E-state index is -4.35. The minimum Gasteiger partial charge on any atom is -0.344 e. The molecule has 1 aromatic carbocycles. The Hall–Kier alpha value is -1.82. The normalized spacial score (nSPS) is 20.6. The van der Waals surface area contributed by atoms with E-state index >= 15 is 0 Å². The van der Waals surface area contributed by atoms with Gasteiger partial charge in [0.2, 0.25) is 0 Å². The van der Waals surface area contributed by atoms with E-state index < -0.39 is 11.7 Å². The molecule has 26 heavy (non-hydrogen) atoms. The van der Waals surface area contributed by atoms with E-state index in [-0.39, 0.29) is 11.9 Å². The Balaban J connectivity index is 1.78. The van der Waals surface area contributed by atoms with Gasteiger partial charge in [-0.3, -0.25) is 4.79 Å². The Morgan fingerprint density at radius 3 is 2.58 bits per heavy atom. The molecule has 6 heteroatoms. The Bertz CT molecular complexity index is 725. The first-order chi connectivity index (χ1) is 12.4. The molecule has 2 aromatic rings. The molecule has 3 rings (SSSR count). The average molecular weight is 381 g/mol. The summed E-state index contributed by atoms with van der Waals surface area (Å²) in [6.45, 7) is 2.14. The number of carbonyl (C=O) groups is 1. The van der Waals surface area contributed by atoms with Crippen molar-refractivity contribution in [2.45, 2.75) is 44.8 Å². The van der Waals surface area contributed by atoms with Gasteiger partial charge in [0, 0.05) is 0 Å². The molecule has 1 aliphatic carbocycles. The lowest BCUT2D eigenvalue weighted by Crippen LogP contribution is -2.30. The van der Waals surface area contributed by atoms with Crippen molar-refractivity contribution in [3.05, 3.63) is 57.8 Å². The summed E-state index contributed by atoms with van der Waals surface area (Å²) in [6.07, 6.45) is 0.0244. The minimum absolute atomic E-state index is 0.161. The molecule has 0 bridgehead atoms. The quantitative estimate of drug-likeness (QED) is 0.620. The first-order valence-corrected chi connectivity index (χ1v) is 9.79. The van der Waals surface area contributed by atoms with Gasteiger partial charge in [0.05, 0.1) is 16.5 Å². The summed E-state index contributed by atoms with van der Waals surface area (Å²) in [7, 11) is 0. The summed E-state index contributed by atoms with van der Waals surface area (Å²) in [5.41, 5.74) is 0.0785. The summed E-state index contributed by atoms with van der Waals surface area (Å²) in [6, 6.07) is 8.52. The summed E-state index contributed by atoms with van der Waals surface area (Å²) in [5.74, 6) is 0.666. The first kappa shape index (κ1) is 19.0. The third kappa shape index (κ3) is 4.47. The number of halogens is 3. The van der Waals surface area contributed by atoms with Gasteiger partial charge in [-0.15, -0.1) is 11.3 Å². The molecule has 1 aromatic heterocycles. The molecule has 3 atom stereocenters. The Morgan fingerprint density at radius 2 is 2.00 bits per heavy atom. The second kappa shape index (κ2) is 7.82. The molecule has 0 unspecified atom stereocenters. The zero-order valence-corrected chi connectivity index (χ0v) is 15.4. The summed E-state index contributed by atoms with van der Waals surface area (Å²) in [4.78, 5) is 13.1. The number of nitrogens with one attached hydrogen (secondary N) is 1. The lowest BCUT2D eigenvalue weighted by Gasteiger charge is -2.20. The van der Waals surface area contributed by atoms with Crippen LogP contribution in [0.3, 0.4) is 0 Å². The third-order valence-corrected chi connectivity index (χ3v) is 5.83. The molecule has 2 nitrogen and oxygen atoms in total. The van der Waals surface area contributed by atoms with E-state index in [1.807, 2.05) is 11.4 Å². The molecule has 0 aliphatic heterocycles. The fraction of sp³-hybridized carbons (Fsp3) is 0.450. The Labute approximate surface area is 155 Å². The number of thiophene rings is 1. The maximum atomic E-state index is 12.8. The number of carbonyl (C=O) groups excluding carboxylic acids is 1. The SMILES string of the molecule is CCCC[C@@H]1C[C@H]1[C@@H](NC(=O)c1cccs1)c1ccc(C(F)(F)F)cc1. The third-order valence-electron chi connectivity index (χ3n) is 4.96. The van der Waals surface area contributed by atoms with Crippen molar-refractivity contribution in [1.82, 2.24) is 5.32 Å². The van der Waals surface area contributed by atoms with Crippen molar-refractivity contribution in [2.75, 3.05) is 0 Å². The van der Waals surface area contributed by atoms with E-state index in [4.69, 9.17) is 0 Å². The van der Waals surface area contributed by atoms with Gasteiger partial charge >= 0.3 is 6.18 Å². The van der Waals surface area contributed by atoms with Crippen LogP contribution in [-0.2, 0) is 6.18 Å². The van der Waals surface area contributed by atoms with E-state index in [0.29, 0.717) is 16.7 Å². The highest BCUT2D eigenvalue weighted by Crippen LogP contribution is 2.50. The van der Waals surface area contributed by atoms with E-state index in [1.54, 1.807) is 6.07 Å². The van der Waals surface area contributed by atoms with Crippen molar-refractivity contribution in [3.8, 4) is 0 Å². The molecule has 1 heterocycles. The summed E-state index contributed by atoms with van der Waals surface area (Å²) in [5, 5.41) is 4.89. The number of alkyl halides is 3. The lowest BCUT2D eigenvalue weighted by molar-refractivity contribution is -0.137. The van der Waals surface area contributed by atoms with Crippen LogP contribution < -0.4 is 5.32 Å². The van der Waals surface area contributed by atoms with E-state index in [9.17, 15) is 18.0 Å². The van der Waals surface area contributed by atoms with Gasteiger partial charge < -0.3 is 5.32 Å². The number of hydrogen-bond acceptors (Lipinski definition) is 2. The zero-order chi connectivity index (χ0) is 18.7. The van der Waals surface area contributed by atoms with Crippen LogP contribution in [0.2, 0.25) is 0 Å². The topological polar surface area (TPSA) is 29.1 Å². The van der Waals surface area contributed by atoms with Crippen molar-refractivity contribution in [3.63, 3.8) is 0 Å². The molecule has 0 spiro atoms. The van der Waals surface area contributed by atoms with Gasteiger partial charge in [-0.1, -0.05) is 44.4 Å². The van der Waals surface area contributed by atoms with Crippen LogP contribution in [0, 0.1) is 11.8 Å². The molecule has 1 amide bonds. The summed E-state index contributed by atoms with van der Waals surface area (Å²) < 4.78 is 38.5. The molecular weight excluding hydrogens is 359 g/mol. The van der Waals surface area contributed by atoms with Crippen molar-refractivity contribution < 1.29 is 18.0 Å². The number of benzene rings is 1. The molecular formula is C20H22F3NOS. The van der Waals surface area contributed by atoms with Crippen LogP contribution in [0.4, 0.5) is 13.2 Å². The van der Waals surface area contributed by atoms with Crippen LogP contribution in [0.5, 0.6) is 0 Å². The Morgan fingerprint density at radius 1 is 1.27 bits per heavy atom. The molecule has 0 radical (unpaired) electrons. The van der Waals surface area contributed by atoms with E-state index in [2.05, 4.69) is 12.2 Å². The van der Waals surface area contributed by atoms with Crippen LogP contribution in [-0.4, -0.2) is 5.91 Å². The maximum absolute atomic E-state index is 12.8. The molecule has 1 N–H and O–H groups in total. The largest absolute Gasteiger partial charge is 0.416 e. The molecule has 1 fully saturated rings. The smallest absolute Gasteiger partial charge is 0.344 e. The van der Waals surface area contributed by atoms with Gasteiger partial charge in [0.25, 0.3) is 5.91 Å². The highest BCUT2D eigenvalue weighted by Gasteiger charge is 2.43. The maximum Gasteiger partial charge on any atom is 0.416 e. The number of unbranched alkanes of at least 4 members (excludes halogenated alkanes) is 1. The van der Waals surface area contributed by atoms with Crippen LogP contribution in [0.25, 0.3) is 0 Å². The summed E-state index contributed by atoms with van der Waals surface area (Å²) >= 11 is 1.36. The zero-order valence-electron chi connectivity index (χ0n) is 14.6. The van der Waals surface area contributed by atoms with Crippen LogP contribution >= 0.6 is 11.3 Å². The van der Waals surface area contributed by atoms with Crippen molar-refractivity contribution in [2.24, 2.45) is 11.8 Å². The molecule has 1 saturated carbocycles. The van der Waals surface area contributed by atoms with Gasteiger partial charge in [-0.25, -0.2) is 0 Å². The molecule has 140 valence electrons. The fourth-order valence-corrected chi connectivity index (χ4v) is 4.04. The second-order valence-corrected chi connectivity index (χ2v) is 7.80. The van der Waals surface area contributed by atoms with Crippen LogP contribution in [0.15, 0.2) is 41.8 Å². The molecule has 1 aliphatic rings. The fourth-order valence-electron chi connectivity index (χ4n) is 3.41. The Kier molecular flexibility index (Phi) is 5.70. The number of rotatable bonds is 7. The van der Waals surface area contributed by atoms with Gasteiger partial charge in [0.1, 0.15) is 0 Å². The van der Waals surface area contributed by atoms with Gasteiger partial charge in [-0.05, 0) is 47.4 Å². The second-order valence-electron chi connectivity index (χ2n) is 6.85. The highest BCUT2D eigenvalue weighted by molar-refractivity contribution is 7.12. The lowest BCUT2D eigenvalue weighted by atomic mass is 9.98. The standard InChI is InChI=1S/C20H22F3NOS/c1-2-3-5-14-12-16(14)18(24-19(25)17-6-4-11-26-17)13-7-9-15(10-8-13)20(21,22)23/h4,6-11,14,16,18H,2-3,5,12H2,1H3,(H,24,25)/t14-,16-,18+/m1/s1. The van der Waals surface area contributed by atoms with Crippen LogP contribution in [0.1, 0.15) is 59.4 Å². The van der Waals surface area contributed by atoms with Gasteiger partial charge in [-0.2, -0.15) is 13.2 Å². The van der Waals surface area contributed by atoms with E-state index in [0.717, 1.165) is 43.4 Å². The predicted octanol–water partition coefficient (Wildman–Crippen LogP) is 6.06. The number of hydrogen-bond donors (Lipinski definition) is 1. The number of amides is 1. The average Bonchev–Trinajstić information content (AvgIpc) is 3.15.